The van der Waals surface area contributed by atoms with Crippen LogP contribution in [0, 0.1) is 0 Å². The van der Waals surface area contributed by atoms with E-state index in [-0.39, 0.29) is 0 Å². The van der Waals surface area contributed by atoms with Crippen LogP contribution in [-0.4, -0.2) is 51.3 Å². The Balaban J connectivity index is 2.07. The van der Waals surface area contributed by atoms with Crippen LogP contribution in [0.1, 0.15) is 12.5 Å². The van der Waals surface area contributed by atoms with Crippen LogP contribution in [0.2, 0.25) is 0 Å². The third-order valence-electron chi connectivity index (χ3n) is 3.64. The number of hydrogen-bond acceptors (Lipinski definition) is 4. The highest BCUT2D eigenvalue weighted by molar-refractivity contribution is 5.43. The molecule has 1 atom stereocenters. The number of piperazine rings is 1. The van der Waals surface area contributed by atoms with E-state index >= 15 is 0 Å². The standard InChI is InChI=1S/C15H24N2O2/c1-4-19-14-6-5-12(10-15(14)18-3)9-13-11-16-7-8-17(13)2/h5-6,10,13,16H,4,7-9,11H2,1-3H3. The van der Waals surface area contributed by atoms with E-state index in [9.17, 15) is 0 Å². The SMILES string of the molecule is CCOc1ccc(CC2CNCCN2C)cc1OC. The fourth-order valence-corrected chi connectivity index (χ4v) is 2.48. The molecule has 1 aliphatic heterocycles. The number of hydrogen-bond donors (Lipinski definition) is 1. The summed E-state index contributed by atoms with van der Waals surface area (Å²) in [7, 11) is 3.88. The van der Waals surface area contributed by atoms with Crippen molar-refractivity contribution in [3.8, 4) is 11.5 Å². The summed E-state index contributed by atoms with van der Waals surface area (Å²) in [6.07, 6.45) is 1.03. The van der Waals surface area contributed by atoms with Gasteiger partial charge in [0, 0.05) is 25.7 Å². The highest BCUT2D eigenvalue weighted by Crippen LogP contribution is 2.28. The minimum absolute atomic E-state index is 0.552. The van der Waals surface area contributed by atoms with Crippen molar-refractivity contribution in [3.63, 3.8) is 0 Å². The molecule has 4 nitrogen and oxygen atoms in total. The first-order chi connectivity index (χ1) is 9.24. The summed E-state index contributed by atoms with van der Waals surface area (Å²) in [6, 6.07) is 6.79. The molecule has 1 aromatic rings. The van der Waals surface area contributed by atoms with Crippen LogP contribution in [0.5, 0.6) is 11.5 Å². The molecule has 0 saturated carbocycles. The molecule has 0 radical (unpaired) electrons. The van der Waals surface area contributed by atoms with E-state index < -0.39 is 0 Å². The van der Waals surface area contributed by atoms with Crippen LogP contribution >= 0.6 is 0 Å². The van der Waals surface area contributed by atoms with Crippen molar-refractivity contribution >= 4 is 0 Å². The van der Waals surface area contributed by atoms with Gasteiger partial charge in [-0.2, -0.15) is 0 Å². The van der Waals surface area contributed by atoms with Crippen LogP contribution in [0.3, 0.4) is 0 Å². The monoisotopic (exact) mass is 264 g/mol. The zero-order chi connectivity index (χ0) is 13.7. The fourth-order valence-electron chi connectivity index (χ4n) is 2.48. The van der Waals surface area contributed by atoms with Gasteiger partial charge >= 0.3 is 0 Å². The van der Waals surface area contributed by atoms with Crippen molar-refractivity contribution in [2.45, 2.75) is 19.4 Å². The number of ether oxygens (including phenoxy) is 2. The Kier molecular flexibility index (Phi) is 5.05. The predicted octanol–water partition coefficient (Wildman–Crippen LogP) is 1.54. The van der Waals surface area contributed by atoms with Gasteiger partial charge < -0.3 is 19.7 Å². The number of rotatable bonds is 5. The van der Waals surface area contributed by atoms with E-state index in [0.717, 1.165) is 37.6 Å². The molecule has 0 spiro atoms. The van der Waals surface area contributed by atoms with Crippen molar-refractivity contribution < 1.29 is 9.47 Å². The zero-order valence-electron chi connectivity index (χ0n) is 12.1. The lowest BCUT2D eigenvalue weighted by Gasteiger charge is -2.33. The predicted molar refractivity (Wildman–Crippen MR) is 77.2 cm³/mol. The Morgan fingerprint density at radius 2 is 2.21 bits per heavy atom. The average Bonchev–Trinajstić information content (AvgIpc) is 2.43. The first-order valence-corrected chi connectivity index (χ1v) is 6.95. The van der Waals surface area contributed by atoms with Gasteiger partial charge in [-0.1, -0.05) is 6.07 Å². The summed E-state index contributed by atoms with van der Waals surface area (Å²) in [5.41, 5.74) is 1.29. The van der Waals surface area contributed by atoms with E-state index in [1.165, 1.54) is 5.56 Å². The Morgan fingerprint density at radius 3 is 2.89 bits per heavy atom. The molecule has 1 N–H and O–H groups in total. The topological polar surface area (TPSA) is 33.7 Å². The molecule has 0 bridgehead atoms. The molecule has 19 heavy (non-hydrogen) atoms. The number of benzene rings is 1. The molecule has 1 unspecified atom stereocenters. The lowest BCUT2D eigenvalue weighted by Crippen LogP contribution is -2.50. The maximum absolute atomic E-state index is 5.55. The lowest BCUT2D eigenvalue weighted by atomic mass is 10.0. The van der Waals surface area contributed by atoms with Crippen LogP contribution in [-0.2, 0) is 6.42 Å². The van der Waals surface area contributed by atoms with E-state index in [4.69, 9.17) is 9.47 Å². The van der Waals surface area contributed by atoms with Crippen LogP contribution in [0.4, 0.5) is 0 Å². The van der Waals surface area contributed by atoms with E-state index in [1.807, 2.05) is 13.0 Å². The molecule has 2 rings (SSSR count). The molecule has 1 fully saturated rings. The molecule has 0 aromatic heterocycles. The summed E-state index contributed by atoms with van der Waals surface area (Å²) >= 11 is 0. The fraction of sp³-hybridized carbons (Fsp3) is 0.600. The molecule has 0 amide bonds. The minimum Gasteiger partial charge on any atom is -0.493 e. The van der Waals surface area contributed by atoms with Crippen molar-refractivity contribution in [3.05, 3.63) is 23.8 Å². The van der Waals surface area contributed by atoms with Crippen LogP contribution < -0.4 is 14.8 Å². The Morgan fingerprint density at radius 1 is 1.37 bits per heavy atom. The largest absolute Gasteiger partial charge is 0.493 e. The lowest BCUT2D eigenvalue weighted by molar-refractivity contribution is 0.199. The van der Waals surface area contributed by atoms with E-state index in [0.29, 0.717) is 12.6 Å². The third kappa shape index (κ3) is 3.61. The van der Waals surface area contributed by atoms with Crippen LogP contribution in [0.25, 0.3) is 0 Å². The van der Waals surface area contributed by atoms with Gasteiger partial charge in [-0.3, -0.25) is 0 Å². The van der Waals surface area contributed by atoms with Crippen molar-refractivity contribution in [2.24, 2.45) is 0 Å². The number of likely N-dealkylation sites (N-methyl/N-ethyl adjacent to an activating group) is 1. The van der Waals surface area contributed by atoms with Gasteiger partial charge in [0.15, 0.2) is 11.5 Å². The van der Waals surface area contributed by atoms with Crippen molar-refractivity contribution in [2.75, 3.05) is 40.4 Å². The molecule has 1 saturated heterocycles. The molecular weight excluding hydrogens is 240 g/mol. The maximum Gasteiger partial charge on any atom is 0.161 e. The Labute approximate surface area is 115 Å². The first kappa shape index (κ1) is 14.2. The summed E-state index contributed by atoms with van der Waals surface area (Å²) in [6.45, 7) is 5.88. The quantitative estimate of drug-likeness (QED) is 0.874. The Bertz CT molecular complexity index is 409. The second-order valence-corrected chi connectivity index (χ2v) is 4.96. The minimum atomic E-state index is 0.552. The van der Waals surface area contributed by atoms with E-state index in [2.05, 4.69) is 29.4 Å². The van der Waals surface area contributed by atoms with Gasteiger partial charge in [-0.25, -0.2) is 0 Å². The van der Waals surface area contributed by atoms with Gasteiger partial charge in [0.25, 0.3) is 0 Å². The van der Waals surface area contributed by atoms with Gasteiger partial charge in [-0.05, 0) is 38.1 Å². The normalized spacial score (nSPS) is 20.3. The highest BCUT2D eigenvalue weighted by Gasteiger charge is 2.19. The summed E-state index contributed by atoms with van der Waals surface area (Å²) in [5, 5.41) is 3.45. The van der Waals surface area contributed by atoms with E-state index in [1.54, 1.807) is 7.11 Å². The molecular formula is C15H24N2O2. The van der Waals surface area contributed by atoms with Crippen LogP contribution in [0.15, 0.2) is 18.2 Å². The number of nitrogens with zero attached hydrogens (tertiary/aromatic N) is 1. The van der Waals surface area contributed by atoms with Crippen molar-refractivity contribution in [1.82, 2.24) is 10.2 Å². The molecule has 1 aromatic carbocycles. The second-order valence-electron chi connectivity index (χ2n) is 4.96. The van der Waals surface area contributed by atoms with Gasteiger partial charge in [0.2, 0.25) is 0 Å². The molecule has 106 valence electrons. The zero-order valence-corrected chi connectivity index (χ0v) is 12.1. The van der Waals surface area contributed by atoms with Crippen molar-refractivity contribution in [1.29, 1.82) is 0 Å². The number of methoxy groups -OCH3 is 1. The average molecular weight is 264 g/mol. The second kappa shape index (κ2) is 6.78. The third-order valence-corrected chi connectivity index (χ3v) is 3.64. The number of nitrogens with one attached hydrogen (secondary N) is 1. The van der Waals surface area contributed by atoms with Gasteiger partial charge in [-0.15, -0.1) is 0 Å². The molecule has 1 heterocycles. The van der Waals surface area contributed by atoms with Gasteiger partial charge in [0.1, 0.15) is 0 Å². The summed E-state index contributed by atoms with van der Waals surface area (Å²) in [4.78, 5) is 2.42. The smallest absolute Gasteiger partial charge is 0.161 e. The molecule has 0 aliphatic carbocycles. The highest BCUT2D eigenvalue weighted by atomic mass is 16.5. The summed E-state index contributed by atoms with van der Waals surface area (Å²) in [5.74, 6) is 1.65. The Hall–Kier alpha value is -1.26. The molecule has 4 heteroatoms. The molecule has 1 aliphatic rings. The first-order valence-electron chi connectivity index (χ1n) is 6.95. The maximum atomic E-state index is 5.55. The summed E-state index contributed by atoms with van der Waals surface area (Å²) < 4.78 is 10.9. The van der Waals surface area contributed by atoms with Gasteiger partial charge in [0.05, 0.1) is 13.7 Å².